The molecule has 1 unspecified atom stereocenters. The molecule has 0 bridgehead atoms. The molecule has 0 fully saturated rings. The van der Waals surface area contributed by atoms with E-state index in [1.54, 1.807) is 23.3 Å². The third kappa shape index (κ3) is 5.76. The first-order valence-corrected chi connectivity index (χ1v) is 9.26. The SMILES string of the molecule is CCN(Cc1ccc(OCc2cccs2)c(OC)c1)C(=O)CC(C)N. The zero-order chi connectivity index (χ0) is 18.2. The van der Waals surface area contributed by atoms with Crippen LogP contribution in [0, 0.1) is 0 Å². The van der Waals surface area contributed by atoms with E-state index in [9.17, 15) is 4.79 Å². The number of methoxy groups -OCH3 is 1. The van der Waals surface area contributed by atoms with E-state index in [1.165, 1.54) is 0 Å². The molecular weight excluding hydrogens is 336 g/mol. The normalized spacial score (nSPS) is 11.8. The molecule has 0 saturated carbocycles. The Morgan fingerprint density at radius 3 is 2.72 bits per heavy atom. The number of rotatable bonds is 9. The van der Waals surface area contributed by atoms with Gasteiger partial charge in [-0.3, -0.25) is 4.79 Å². The molecule has 136 valence electrons. The highest BCUT2D eigenvalue weighted by Crippen LogP contribution is 2.29. The van der Waals surface area contributed by atoms with Gasteiger partial charge in [0.15, 0.2) is 11.5 Å². The molecule has 1 amide bonds. The fourth-order valence-corrected chi connectivity index (χ4v) is 3.09. The van der Waals surface area contributed by atoms with E-state index in [0.29, 0.717) is 37.6 Å². The third-order valence-electron chi connectivity index (χ3n) is 3.78. The van der Waals surface area contributed by atoms with E-state index in [-0.39, 0.29) is 11.9 Å². The molecule has 0 aliphatic rings. The molecule has 0 aliphatic carbocycles. The summed E-state index contributed by atoms with van der Waals surface area (Å²) in [5.74, 6) is 1.43. The number of carbonyl (C=O) groups is 1. The van der Waals surface area contributed by atoms with Crippen molar-refractivity contribution in [2.45, 2.75) is 39.5 Å². The molecule has 0 spiro atoms. The number of benzene rings is 1. The summed E-state index contributed by atoms with van der Waals surface area (Å²) in [5.41, 5.74) is 6.74. The zero-order valence-electron chi connectivity index (χ0n) is 15.0. The van der Waals surface area contributed by atoms with Crippen LogP contribution in [0.1, 0.15) is 30.7 Å². The molecule has 5 nitrogen and oxygen atoms in total. The fourth-order valence-electron chi connectivity index (χ4n) is 2.47. The molecule has 1 aromatic carbocycles. The van der Waals surface area contributed by atoms with E-state index in [2.05, 4.69) is 0 Å². The highest BCUT2D eigenvalue weighted by molar-refractivity contribution is 7.09. The van der Waals surface area contributed by atoms with Crippen LogP contribution in [-0.2, 0) is 17.9 Å². The maximum atomic E-state index is 12.2. The van der Waals surface area contributed by atoms with Gasteiger partial charge in [-0.1, -0.05) is 12.1 Å². The Bertz CT molecular complexity index is 671. The van der Waals surface area contributed by atoms with E-state index < -0.39 is 0 Å². The van der Waals surface area contributed by atoms with Crippen LogP contribution < -0.4 is 15.2 Å². The van der Waals surface area contributed by atoms with Gasteiger partial charge in [-0.25, -0.2) is 0 Å². The third-order valence-corrected chi connectivity index (χ3v) is 4.63. The molecular formula is C19H26N2O3S. The second-order valence-electron chi connectivity index (χ2n) is 5.94. The Morgan fingerprint density at radius 1 is 1.32 bits per heavy atom. The summed E-state index contributed by atoms with van der Waals surface area (Å²) in [5, 5.41) is 2.03. The summed E-state index contributed by atoms with van der Waals surface area (Å²) in [6.07, 6.45) is 0.354. The Labute approximate surface area is 153 Å². The molecule has 6 heteroatoms. The second-order valence-corrected chi connectivity index (χ2v) is 6.97. The first-order valence-electron chi connectivity index (χ1n) is 8.39. The van der Waals surface area contributed by atoms with E-state index in [4.69, 9.17) is 15.2 Å². The van der Waals surface area contributed by atoms with Crippen molar-refractivity contribution in [1.82, 2.24) is 4.90 Å². The number of hydrogen-bond acceptors (Lipinski definition) is 5. The topological polar surface area (TPSA) is 64.8 Å². The summed E-state index contributed by atoms with van der Waals surface area (Å²) in [7, 11) is 1.62. The monoisotopic (exact) mass is 362 g/mol. The Kier molecular flexibility index (Phi) is 7.28. The van der Waals surface area contributed by atoms with Crippen LogP contribution in [0.25, 0.3) is 0 Å². The Morgan fingerprint density at radius 2 is 2.12 bits per heavy atom. The molecule has 1 heterocycles. The van der Waals surface area contributed by atoms with Crippen molar-refractivity contribution in [3.63, 3.8) is 0 Å². The standard InChI is InChI=1S/C19H26N2O3S/c1-4-21(19(22)10-14(2)20)12-15-7-8-17(18(11-15)23-3)24-13-16-6-5-9-25-16/h5-9,11,14H,4,10,12-13,20H2,1-3H3. The van der Waals surface area contributed by atoms with Crippen molar-refractivity contribution in [2.75, 3.05) is 13.7 Å². The summed E-state index contributed by atoms with van der Waals surface area (Å²) in [4.78, 5) is 15.2. The van der Waals surface area contributed by atoms with E-state index in [1.807, 2.05) is 49.6 Å². The van der Waals surface area contributed by atoms with E-state index >= 15 is 0 Å². The van der Waals surface area contributed by atoms with E-state index in [0.717, 1.165) is 10.4 Å². The lowest BCUT2D eigenvalue weighted by Gasteiger charge is -2.22. The molecule has 0 radical (unpaired) electrons. The first kappa shape index (κ1) is 19.3. The highest BCUT2D eigenvalue weighted by Gasteiger charge is 2.15. The maximum absolute atomic E-state index is 12.2. The second kappa shape index (κ2) is 9.44. The van der Waals surface area contributed by atoms with Crippen LogP contribution in [-0.4, -0.2) is 30.5 Å². The van der Waals surface area contributed by atoms with Gasteiger partial charge in [0, 0.05) is 30.4 Å². The summed E-state index contributed by atoms with van der Waals surface area (Å²) in [6.45, 7) is 5.50. The summed E-state index contributed by atoms with van der Waals surface area (Å²) in [6, 6.07) is 9.69. The lowest BCUT2D eigenvalue weighted by Crippen LogP contribution is -2.34. The van der Waals surface area contributed by atoms with Gasteiger partial charge in [0.2, 0.25) is 5.91 Å². The van der Waals surface area contributed by atoms with Gasteiger partial charge in [0.05, 0.1) is 7.11 Å². The number of carbonyl (C=O) groups excluding carboxylic acids is 1. The van der Waals surface area contributed by atoms with Gasteiger partial charge in [-0.2, -0.15) is 0 Å². The molecule has 0 aliphatic heterocycles. The van der Waals surface area contributed by atoms with Crippen molar-refractivity contribution in [3.8, 4) is 11.5 Å². The minimum absolute atomic E-state index is 0.0643. The minimum atomic E-state index is -0.135. The number of thiophene rings is 1. The summed E-state index contributed by atoms with van der Waals surface area (Å²) < 4.78 is 11.3. The molecule has 25 heavy (non-hydrogen) atoms. The smallest absolute Gasteiger partial charge is 0.224 e. The highest BCUT2D eigenvalue weighted by atomic mass is 32.1. The van der Waals surface area contributed by atoms with Crippen molar-refractivity contribution in [1.29, 1.82) is 0 Å². The maximum Gasteiger partial charge on any atom is 0.224 e. The number of nitrogens with two attached hydrogens (primary N) is 1. The Balaban J connectivity index is 2.05. The molecule has 1 aromatic heterocycles. The van der Waals surface area contributed by atoms with Gasteiger partial charge in [-0.15, -0.1) is 11.3 Å². The molecule has 2 aromatic rings. The van der Waals surface area contributed by atoms with Crippen molar-refractivity contribution in [3.05, 3.63) is 46.2 Å². The quantitative estimate of drug-likeness (QED) is 0.742. The first-order chi connectivity index (χ1) is 12.0. The van der Waals surface area contributed by atoms with Gasteiger partial charge in [0.25, 0.3) is 0 Å². The molecule has 1 atom stereocenters. The van der Waals surface area contributed by atoms with Gasteiger partial charge in [0.1, 0.15) is 6.61 Å². The van der Waals surface area contributed by atoms with Crippen LogP contribution in [0.2, 0.25) is 0 Å². The van der Waals surface area contributed by atoms with Crippen LogP contribution >= 0.6 is 11.3 Å². The predicted molar refractivity (Wildman–Crippen MR) is 101 cm³/mol. The fraction of sp³-hybridized carbons (Fsp3) is 0.421. The van der Waals surface area contributed by atoms with Gasteiger partial charge >= 0.3 is 0 Å². The Hall–Kier alpha value is -2.05. The van der Waals surface area contributed by atoms with Crippen molar-refractivity contribution >= 4 is 17.2 Å². The van der Waals surface area contributed by atoms with Crippen molar-refractivity contribution in [2.24, 2.45) is 5.73 Å². The van der Waals surface area contributed by atoms with Crippen LogP contribution in [0.3, 0.4) is 0 Å². The largest absolute Gasteiger partial charge is 0.493 e. The minimum Gasteiger partial charge on any atom is -0.493 e. The van der Waals surface area contributed by atoms with Crippen LogP contribution in [0.15, 0.2) is 35.7 Å². The van der Waals surface area contributed by atoms with Crippen LogP contribution in [0.4, 0.5) is 0 Å². The number of amides is 1. The average Bonchev–Trinajstić information content (AvgIpc) is 3.11. The van der Waals surface area contributed by atoms with Gasteiger partial charge < -0.3 is 20.1 Å². The zero-order valence-corrected chi connectivity index (χ0v) is 15.8. The number of ether oxygens (including phenoxy) is 2. The predicted octanol–water partition coefficient (Wildman–Crippen LogP) is 3.42. The number of nitrogens with zero attached hydrogens (tertiary/aromatic N) is 1. The lowest BCUT2D eigenvalue weighted by molar-refractivity contribution is -0.131. The van der Waals surface area contributed by atoms with Crippen molar-refractivity contribution < 1.29 is 14.3 Å². The lowest BCUT2D eigenvalue weighted by atomic mass is 10.1. The average molecular weight is 362 g/mol. The van der Waals surface area contributed by atoms with Gasteiger partial charge in [-0.05, 0) is 43.0 Å². The molecule has 0 saturated heterocycles. The molecule has 2 rings (SSSR count). The number of hydrogen-bond donors (Lipinski definition) is 1. The molecule has 2 N–H and O–H groups in total. The summed E-state index contributed by atoms with van der Waals surface area (Å²) >= 11 is 1.66. The van der Waals surface area contributed by atoms with Crippen LogP contribution in [0.5, 0.6) is 11.5 Å².